The van der Waals surface area contributed by atoms with Crippen LogP contribution < -0.4 is 0 Å². The van der Waals surface area contributed by atoms with Crippen LogP contribution in [0.5, 0.6) is 0 Å². The number of rotatable bonds is 4. The van der Waals surface area contributed by atoms with Crippen LogP contribution in [-0.2, 0) is 18.3 Å². The van der Waals surface area contributed by atoms with Crippen molar-refractivity contribution in [1.82, 2.24) is 14.4 Å². The molecule has 2 heterocycles. The first-order chi connectivity index (χ1) is 13.0. The van der Waals surface area contributed by atoms with E-state index in [9.17, 15) is 9.59 Å². The Hall–Kier alpha value is -2.56. The van der Waals surface area contributed by atoms with Crippen LogP contribution in [0.4, 0.5) is 0 Å². The molecule has 1 fully saturated rings. The van der Waals surface area contributed by atoms with Gasteiger partial charge in [0.15, 0.2) is 0 Å². The molecular formula is C22H29N3O2. The second-order valence-electron chi connectivity index (χ2n) is 7.36. The number of carbonyl (C=O) groups is 2. The number of hydrogen-bond donors (Lipinski definition) is 0. The molecule has 3 rings (SSSR count). The van der Waals surface area contributed by atoms with Gasteiger partial charge in [-0.1, -0.05) is 30.3 Å². The van der Waals surface area contributed by atoms with E-state index >= 15 is 0 Å². The first-order valence-corrected chi connectivity index (χ1v) is 9.71. The molecule has 0 bridgehead atoms. The Bertz CT molecular complexity index is 810. The van der Waals surface area contributed by atoms with E-state index in [4.69, 9.17) is 0 Å². The molecule has 2 amide bonds. The lowest BCUT2D eigenvalue weighted by Gasteiger charge is -2.22. The standard InChI is InChI=1S/C22H29N3O2/c1-17-16-20(18(2)23(17)3)22(27)25-13-7-12-24(14-15-25)21(26)11-10-19-8-5-4-6-9-19/h4-6,8-9,16H,7,10-15H2,1-3H3. The van der Waals surface area contributed by atoms with Crippen LogP contribution in [0, 0.1) is 13.8 Å². The molecule has 0 spiro atoms. The number of aryl methyl sites for hydroxylation is 2. The predicted octanol–water partition coefficient (Wildman–Crippen LogP) is 2.95. The second-order valence-corrected chi connectivity index (χ2v) is 7.36. The molecule has 27 heavy (non-hydrogen) atoms. The molecule has 1 aromatic carbocycles. The predicted molar refractivity (Wildman–Crippen MR) is 107 cm³/mol. The number of benzene rings is 1. The van der Waals surface area contributed by atoms with Crippen molar-refractivity contribution in [2.24, 2.45) is 7.05 Å². The number of hydrogen-bond acceptors (Lipinski definition) is 2. The van der Waals surface area contributed by atoms with Gasteiger partial charge >= 0.3 is 0 Å². The van der Waals surface area contributed by atoms with Crippen molar-refractivity contribution >= 4 is 11.8 Å². The Morgan fingerprint density at radius 2 is 1.63 bits per heavy atom. The molecule has 1 aliphatic heterocycles. The van der Waals surface area contributed by atoms with Gasteiger partial charge in [0.2, 0.25) is 5.91 Å². The van der Waals surface area contributed by atoms with Gasteiger partial charge in [0.1, 0.15) is 0 Å². The Labute approximate surface area is 161 Å². The summed E-state index contributed by atoms with van der Waals surface area (Å²) in [5, 5.41) is 0. The van der Waals surface area contributed by atoms with Gasteiger partial charge in [0, 0.05) is 51.0 Å². The fourth-order valence-electron chi connectivity index (χ4n) is 3.67. The fourth-order valence-corrected chi connectivity index (χ4v) is 3.67. The second kappa shape index (κ2) is 8.42. The molecule has 1 aliphatic rings. The highest BCUT2D eigenvalue weighted by Gasteiger charge is 2.24. The summed E-state index contributed by atoms with van der Waals surface area (Å²) < 4.78 is 2.05. The molecular weight excluding hydrogens is 338 g/mol. The highest BCUT2D eigenvalue weighted by molar-refractivity contribution is 5.95. The SMILES string of the molecule is Cc1cc(C(=O)N2CCCN(C(=O)CCc3ccccc3)CC2)c(C)n1C. The molecule has 2 aromatic rings. The lowest BCUT2D eigenvalue weighted by Crippen LogP contribution is -2.37. The minimum Gasteiger partial charge on any atom is -0.351 e. The summed E-state index contributed by atoms with van der Waals surface area (Å²) in [7, 11) is 1.98. The van der Waals surface area contributed by atoms with E-state index in [2.05, 4.69) is 12.1 Å². The highest BCUT2D eigenvalue weighted by Crippen LogP contribution is 2.17. The Balaban J connectivity index is 1.57. The third kappa shape index (κ3) is 4.41. The minimum absolute atomic E-state index is 0.0785. The maximum atomic E-state index is 12.9. The molecule has 144 valence electrons. The van der Waals surface area contributed by atoms with E-state index in [1.807, 2.05) is 59.5 Å². The van der Waals surface area contributed by atoms with Crippen LogP contribution in [0.3, 0.4) is 0 Å². The molecule has 0 N–H and O–H groups in total. The molecule has 0 unspecified atom stereocenters. The quantitative estimate of drug-likeness (QED) is 0.834. The van der Waals surface area contributed by atoms with E-state index in [1.165, 1.54) is 5.56 Å². The summed E-state index contributed by atoms with van der Waals surface area (Å²) >= 11 is 0. The summed E-state index contributed by atoms with van der Waals surface area (Å²) in [4.78, 5) is 29.3. The van der Waals surface area contributed by atoms with Gasteiger partial charge in [-0.3, -0.25) is 9.59 Å². The van der Waals surface area contributed by atoms with Crippen molar-refractivity contribution in [3.8, 4) is 0 Å². The van der Waals surface area contributed by atoms with E-state index in [-0.39, 0.29) is 11.8 Å². The Kier molecular flexibility index (Phi) is 5.99. The van der Waals surface area contributed by atoms with Crippen molar-refractivity contribution in [2.75, 3.05) is 26.2 Å². The Morgan fingerprint density at radius 3 is 2.30 bits per heavy atom. The molecule has 5 nitrogen and oxygen atoms in total. The van der Waals surface area contributed by atoms with Gasteiger partial charge in [-0.05, 0) is 38.3 Å². The normalized spacial score (nSPS) is 14.9. The van der Waals surface area contributed by atoms with Crippen LogP contribution in [0.15, 0.2) is 36.4 Å². The fraction of sp³-hybridized carbons (Fsp3) is 0.455. The van der Waals surface area contributed by atoms with Crippen molar-refractivity contribution in [2.45, 2.75) is 33.1 Å². The summed E-state index contributed by atoms with van der Waals surface area (Å²) in [6, 6.07) is 12.1. The lowest BCUT2D eigenvalue weighted by molar-refractivity contribution is -0.131. The minimum atomic E-state index is 0.0785. The zero-order valence-corrected chi connectivity index (χ0v) is 16.6. The maximum absolute atomic E-state index is 12.9. The molecule has 0 atom stereocenters. The van der Waals surface area contributed by atoms with Gasteiger partial charge in [0.05, 0.1) is 5.56 Å². The van der Waals surface area contributed by atoms with Gasteiger partial charge in [-0.25, -0.2) is 0 Å². The molecule has 0 radical (unpaired) electrons. The van der Waals surface area contributed by atoms with Gasteiger partial charge in [-0.2, -0.15) is 0 Å². The molecule has 0 saturated carbocycles. The third-order valence-corrected chi connectivity index (χ3v) is 5.61. The van der Waals surface area contributed by atoms with E-state index < -0.39 is 0 Å². The largest absolute Gasteiger partial charge is 0.351 e. The average Bonchev–Trinajstić information content (AvgIpc) is 2.87. The van der Waals surface area contributed by atoms with Crippen LogP contribution in [-0.4, -0.2) is 52.4 Å². The van der Waals surface area contributed by atoms with E-state index in [1.54, 1.807) is 0 Å². The smallest absolute Gasteiger partial charge is 0.255 e. The molecule has 5 heteroatoms. The zero-order valence-electron chi connectivity index (χ0n) is 16.6. The van der Waals surface area contributed by atoms with Crippen molar-refractivity contribution in [3.63, 3.8) is 0 Å². The molecule has 1 aromatic heterocycles. The lowest BCUT2D eigenvalue weighted by atomic mass is 10.1. The first kappa shape index (κ1) is 19.2. The molecule has 0 aliphatic carbocycles. The number of carbonyl (C=O) groups excluding carboxylic acids is 2. The zero-order chi connectivity index (χ0) is 19.4. The number of aromatic nitrogens is 1. The van der Waals surface area contributed by atoms with Crippen molar-refractivity contribution in [3.05, 3.63) is 58.9 Å². The van der Waals surface area contributed by atoms with Crippen LogP contribution in [0.1, 0.15) is 40.2 Å². The Morgan fingerprint density at radius 1 is 0.963 bits per heavy atom. The van der Waals surface area contributed by atoms with Crippen LogP contribution >= 0.6 is 0 Å². The third-order valence-electron chi connectivity index (χ3n) is 5.61. The highest BCUT2D eigenvalue weighted by atomic mass is 16.2. The van der Waals surface area contributed by atoms with Crippen molar-refractivity contribution < 1.29 is 9.59 Å². The maximum Gasteiger partial charge on any atom is 0.255 e. The van der Waals surface area contributed by atoms with Gasteiger partial charge in [-0.15, -0.1) is 0 Å². The monoisotopic (exact) mass is 367 g/mol. The van der Waals surface area contributed by atoms with Crippen LogP contribution in [0.25, 0.3) is 0 Å². The van der Waals surface area contributed by atoms with Crippen molar-refractivity contribution in [1.29, 1.82) is 0 Å². The first-order valence-electron chi connectivity index (χ1n) is 9.71. The summed E-state index contributed by atoms with van der Waals surface area (Å²) in [6.07, 6.45) is 2.12. The van der Waals surface area contributed by atoms with Gasteiger partial charge in [0.25, 0.3) is 5.91 Å². The summed E-state index contributed by atoms with van der Waals surface area (Å²) in [6.45, 7) is 6.64. The topological polar surface area (TPSA) is 45.6 Å². The number of amides is 2. The average molecular weight is 367 g/mol. The van der Waals surface area contributed by atoms with Crippen LogP contribution in [0.2, 0.25) is 0 Å². The van der Waals surface area contributed by atoms with E-state index in [0.717, 1.165) is 36.3 Å². The summed E-state index contributed by atoms with van der Waals surface area (Å²) in [5.41, 5.74) is 4.05. The summed E-state index contributed by atoms with van der Waals surface area (Å²) in [5.74, 6) is 0.259. The van der Waals surface area contributed by atoms with Gasteiger partial charge < -0.3 is 14.4 Å². The number of nitrogens with zero attached hydrogens (tertiary/aromatic N) is 3. The van der Waals surface area contributed by atoms with E-state index in [0.29, 0.717) is 26.1 Å². The molecule has 1 saturated heterocycles.